The third-order valence-electron chi connectivity index (χ3n) is 1.87. The zero-order valence-electron chi connectivity index (χ0n) is 6.77. The van der Waals surface area contributed by atoms with Crippen molar-refractivity contribution in [1.29, 1.82) is 0 Å². The third-order valence-corrected chi connectivity index (χ3v) is 1.87. The highest BCUT2D eigenvalue weighted by molar-refractivity contribution is 5.78. The average molecular weight is 176 g/mol. The quantitative estimate of drug-likeness (QED) is 0.391. The Labute approximate surface area is 74.6 Å². The molecule has 2 N–H and O–H groups in total. The fraction of sp³-hybridized carbons (Fsp3) is 0. The molecule has 0 fully saturated rings. The van der Waals surface area contributed by atoms with Crippen LogP contribution in [0, 0.1) is 5.21 Å². The van der Waals surface area contributed by atoms with Crippen molar-refractivity contribution < 1.29 is 9.94 Å². The maximum absolute atomic E-state index is 11.3. The van der Waals surface area contributed by atoms with E-state index in [9.17, 15) is 5.21 Å². The van der Waals surface area contributed by atoms with Crippen molar-refractivity contribution >= 4 is 16.6 Å². The van der Waals surface area contributed by atoms with Crippen molar-refractivity contribution in [2.24, 2.45) is 0 Å². The van der Waals surface area contributed by atoms with Crippen LogP contribution in [0.4, 0.5) is 5.69 Å². The molecule has 0 aliphatic rings. The van der Waals surface area contributed by atoms with Crippen molar-refractivity contribution in [3.63, 3.8) is 0 Å². The Morgan fingerprint density at radius 3 is 2.85 bits per heavy atom. The molecule has 0 amide bonds. The van der Waals surface area contributed by atoms with Gasteiger partial charge in [0, 0.05) is 11.5 Å². The van der Waals surface area contributed by atoms with Gasteiger partial charge in [0.2, 0.25) is 11.7 Å². The maximum Gasteiger partial charge on any atom is 0.223 e. The molecular weight excluding hydrogens is 168 g/mol. The van der Waals surface area contributed by atoms with E-state index in [1.165, 1.54) is 6.20 Å². The predicted molar refractivity (Wildman–Crippen MR) is 48.3 cm³/mol. The minimum Gasteiger partial charge on any atom is -0.618 e. The van der Waals surface area contributed by atoms with Crippen molar-refractivity contribution in [3.05, 3.63) is 41.7 Å². The Kier molecular flexibility index (Phi) is 1.75. The van der Waals surface area contributed by atoms with Gasteiger partial charge in [0.25, 0.3) is 0 Å². The Bertz CT molecular complexity index is 443. The standard InChI is InChI=1S/C9H8N2O2/c12-10-8-5-7-3-1-2-4-9(7)11(13)6-8/h1-6,10,12H. The van der Waals surface area contributed by atoms with E-state index in [-0.39, 0.29) is 0 Å². The van der Waals surface area contributed by atoms with E-state index in [2.05, 4.69) is 0 Å². The van der Waals surface area contributed by atoms with Gasteiger partial charge >= 0.3 is 0 Å². The van der Waals surface area contributed by atoms with Gasteiger partial charge in [-0.15, -0.1) is 0 Å². The second kappa shape index (κ2) is 2.91. The zero-order valence-corrected chi connectivity index (χ0v) is 6.77. The van der Waals surface area contributed by atoms with Gasteiger partial charge in [-0.1, -0.05) is 12.1 Å². The van der Waals surface area contributed by atoms with E-state index in [4.69, 9.17) is 5.21 Å². The molecule has 0 aliphatic carbocycles. The van der Waals surface area contributed by atoms with Gasteiger partial charge in [-0.05, 0) is 12.1 Å². The molecule has 1 aromatic carbocycles. The monoisotopic (exact) mass is 176 g/mol. The number of aromatic nitrogens is 1. The maximum atomic E-state index is 11.3. The second-order valence-electron chi connectivity index (χ2n) is 2.73. The minimum atomic E-state index is 0.383. The van der Waals surface area contributed by atoms with Gasteiger partial charge in [-0.25, -0.2) is 0 Å². The molecule has 4 nitrogen and oxygen atoms in total. The number of hydrogen-bond donors (Lipinski definition) is 2. The molecule has 2 aromatic rings. The van der Waals surface area contributed by atoms with Crippen LogP contribution in [0.15, 0.2) is 36.5 Å². The van der Waals surface area contributed by atoms with Crippen molar-refractivity contribution in [2.45, 2.75) is 0 Å². The lowest BCUT2D eigenvalue weighted by molar-refractivity contribution is -0.576. The summed E-state index contributed by atoms with van der Waals surface area (Å²) in [6.45, 7) is 0. The molecule has 13 heavy (non-hydrogen) atoms. The largest absolute Gasteiger partial charge is 0.618 e. The summed E-state index contributed by atoms with van der Waals surface area (Å²) in [5.74, 6) is 0. The van der Waals surface area contributed by atoms with Crippen LogP contribution >= 0.6 is 0 Å². The van der Waals surface area contributed by atoms with Crippen molar-refractivity contribution in [3.8, 4) is 0 Å². The molecule has 0 saturated carbocycles. The van der Waals surface area contributed by atoms with Crippen LogP contribution < -0.4 is 10.2 Å². The number of rotatable bonds is 1. The van der Waals surface area contributed by atoms with Crippen molar-refractivity contribution in [2.75, 3.05) is 5.48 Å². The molecule has 1 heterocycles. The molecule has 4 heteroatoms. The lowest BCUT2D eigenvalue weighted by atomic mass is 10.2. The molecule has 0 aliphatic heterocycles. The van der Waals surface area contributed by atoms with Gasteiger partial charge in [0.1, 0.15) is 5.69 Å². The molecular formula is C9H8N2O2. The molecule has 1 aromatic heterocycles. The van der Waals surface area contributed by atoms with Crippen LogP contribution in [0.3, 0.4) is 0 Å². The number of benzene rings is 1. The first-order chi connectivity index (χ1) is 6.31. The Hall–Kier alpha value is -1.81. The van der Waals surface area contributed by atoms with Gasteiger partial charge < -0.3 is 5.21 Å². The van der Waals surface area contributed by atoms with Crippen LogP contribution in [0.25, 0.3) is 10.9 Å². The molecule has 0 atom stereocenters. The predicted octanol–water partition coefficient (Wildman–Crippen LogP) is 1.27. The minimum absolute atomic E-state index is 0.383. The smallest absolute Gasteiger partial charge is 0.223 e. The topological polar surface area (TPSA) is 59.2 Å². The molecule has 0 unspecified atom stereocenters. The summed E-state index contributed by atoms with van der Waals surface area (Å²) >= 11 is 0. The van der Waals surface area contributed by atoms with Crippen LogP contribution in [0.5, 0.6) is 0 Å². The Morgan fingerprint density at radius 2 is 2.08 bits per heavy atom. The highest BCUT2D eigenvalue weighted by Crippen LogP contribution is 2.13. The summed E-state index contributed by atoms with van der Waals surface area (Å²) in [4.78, 5) is 0. The van der Waals surface area contributed by atoms with Gasteiger partial charge in [-0.2, -0.15) is 4.73 Å². The normalized spacial score (nSPS) is 10.2. The van der Waals surface area contributed by atoms with E-state index in [1.54, 1.807) is 18.2 Å². The summed E-state index contributed by atoms with van der Waals surface area (Å²) in [6.07, 6.45) is 1.28. The van der Waals surface area contributed by atoms with Gasteiger partial charge in [-0.3, -0.25) is 10.7 Å². The summed E-state index contributed by atoms with van der Waals surface area (Å²) < 4.78 is 0.716. The van der Waals surface area contributed by atoms with Crippen LogP contribution in [-0.2, 0) is 0 Å². The summed E-state index contributed by atoms with van der Waals surface area (Å²) in [7, 11) is 0. The molecule has 2 rings (SSSR count). The summed E-state index contributed by atoms with van der Waals surface area (Å²) in [6, 6.07) is 8.87. The average Bonchev–Trinajstić information content (AvgIpc) is 2.18. The highest BCUT2D eigenvalue weighted by Gasteiger charge is 2.04. The second-order valence-corrected chi connectivity index (χ2v) is 2.73. The van der Waals surface area contributed by atoms with E-state index >= 15 is 0 Å². The summed E-state index contributed by atoms with van der Waals surface area (Å²) in [5.41, 5.74) is 2.91. The Morgan fingerprint density at radius 1 is 1.31 bits per heavy atom. The number of hydrogen-bond acceptors (Lipinski definition) is 3. The highest BCUT2D eigenvalue weighted by atomic mass is 16.5. The molecule has 66 valence electrons. The number of pyridine rings is 1. The third kappa shape index (κ3) is 1.27. The molecule has 0 saturated heterocycles. The van der Waals surface area contributed by atoms with Crippen molar-refractivity contribution in [1.82, 2.24) is 0 Å². The van der Waals surface area contributed by atoms with Crippen LogP contribution in [0.2, 0.25) is 0 Å². The fourth-order valence-electron chi connectivity index (χ4n) is 1.27. The molecule has 0 bridgehead atoms. The number of para-hydroxylation sites is 1. The van der Waals surface area contributed by atoms with E-state index in [0.717, 1.165) is 5.39 Å². The first kappa shape index (κ1) is 7.82. The van der Waals surface area contributed by atoms with E-state index in [1.807, 2.05) is 17.6 Å². The first-order valence-electron chi connectivity index (χ1n) is 3.83. The summed E-state index contributed by atoms with van der Waals surface area (Å²) in [5, 5.41) is 20.7. The Balaban J connectivity index is 2.77. The lowest BCUT2D eigenvalue weighted by Gasteiger charge is -2.03. The lowest BCUT2D eigenvalue weighted by Crippen LogP contribution is -2.26. The number of nitrogens with one attached hydrogen (secondary N) is 1. The van der Waals surface area contributed by atoms with E-state index < -0.39 is 0 Å². The fourth-order valence-corrected chi connectivity index (χ4v) is 1.27. The number of anilines is 1. The molecule has 0 radical (unpaired) electrons. The number of fused-ring (bicyclic) bond motifs is 1. The van der Waals surface area contributed by atoms with Gasteiger partial charge in [0.05, 0.1) is 0 Å². The number of nitrogens with zero attached hydrogens (tertiary/aromatic N) is 1. The van der Waals surface area contributed by atoms with Crippen LogP contribution in [-0.4, -0.2) is 5.21 Å². The zero-order chi connectivity index (χ0) is 9.26. The van der Waals surface area contributed by atoms with E-state index in [0.29, 0.717) is 15.9 Å². The van der Waals surface area contributed by atoms with Gasteiger partial charge in [0.15, 0.2) is 0 Å². The SMILES string of the molecule is [O-][n+]1cc(NO)cc2ccccc21. The van der Waals surface area contributed by atoms with Crippen LogP contribution in [0.1, 0.15) is 0 Å². The molecule has 0 spiro atoms. The first-order valence-corrected chi connectivity index (χ1v) is 3.83.